The summed E-state index contributed by atoms with van der Waals surface area (Å²) in [5.41, 5.74) is 1.86. The second-order valence-corrected chi connectivity index (χ2v) is 7.13. The van der Waals surface area contributed by atoms with E-state index in [4.69, 9.17) is 9.15 Å². The van der Waals surface area contributed by atoms with Crippen LogP contribution in [0.15, 0.2) is 71.3 Å². The van der Waals surface area contributed by atoms with E-state index >= 15 is 0 Å². The summed E-state index contributed by atoms with van der Waals surface area (Å²) in [6.07, 6.45) is 1.48. The topological polar surface area (TPSA) is 75.0 Å². The third-order valence-corrected chi connectivity index (χ3v) is 4.95. The average Bonchev–Trinajstić information content (AvgIpc) is 3.31. The molecule has 0 spiro atoms. The van der Waals surface area contributed by atoms with Crippen LogP contribution in [0.2, 0.25) is 0 Å². The summed E-state index contributed by atoms with van der Waals surface area (Å²) in [5, 5.41) is 2.89. The minimum atomic E-state index is -0.188. The van der Waals surface area contributed by atoms with Gasteiger partial charge < -0.3 is 24.3 Å². The number of furan rings is 1. The molecule has 3 amide bonds. The number of aryl methyl sites for hydroxylation is 1. The second kappa shape index (κ2) is 8.73. The number of nitrogens with zero attached hydrogens (tertiary/aromatic N) is 2. The third kappa shape index (κ3) is 4.63. The number of amides is 3. The highest BCUT2D eigenvalue weighted by Gasteiger charge is 2.26. The smallest absolute Gasteiger partial charge is 0.321 e. The van der Waals surface area contributed by atoms with Crippen molar-refractivity contribution in [2.45, 2.75) is 6.92 Å². The van der Waals surface area contributed by atoms with Gasteiger partial charge in [0.05, 0.1) is 6.26 Å². The Morgan fingerprint density at radius 1 is 0.867 bits per heavy atom. The average molecular weight is 405 g/mol. The number of urea groups is 1. The zero-order chi connectivity index (χ0) is 20.9. The van der Waals surface area contributed by atoms with E-state index in [9.17, 15) is 9.59 Å². The molecule has 2 heterocycles. The summed E-state index contributed by atoms with van der Waals surface area (Å²) in [5.74, 6) is 1.63. The van der Waals surface area contributed by atoms with Crippen molar-refractivity contribution in [3.63, 3.8) is 0 Å². The standard InChI is InChI=1S/C23H23N3O4/c1-17-4-8-19(9-5-17)30-20-10-6-18(7-11-20)24-23(28)26-14-12-25(13-15-26)22(27)21-3-2-16-29-21/h2-11,16H,12-15H2,1H3,(H,24,28). The molecule has 4 rings (SSSR count). The zero-order valence-corrected chi connectivity index (χ0v) is 16.7. The number of ether oxygens (including phenoxy) is 1. The summed E-state index contributed by atoms with van der Waals surface area (Å²) in [7, 11) is 0. The predicted molar refractivity (Wildman–Crippen MR) is 113 cm³/mol. The lowest BCUT2D eigenvalue weighted by Crippen LogP contribution is -2.51. The van der Waals surface area contributed by atoms with Crippen LogP contribution in [0.4, 0.5) is 10.5 Å². The maximum Gasteiger partial charge on any atom is 0.321 e. The fourth-order valence-electron chi connectivity index (χ4n) is 3.22. The Morgan fingerprint density at radius 2 is 1.47 bits per heavy atom. The third-order valence-electron chi connectivity index (χ3n) is 4.95. The van der Waals surface area contributed by atoms with E-state index in [1.165, 1.54) is 11.8 Å². The number of carbonyl (C=O) groups excluding carboxylic acids is 2. The Kier molecular flexibility index (Phi) is 5.70. The quantitative estimate of drug-likeness (QED) is 0.699. The largest absolute Gasteiger partial charge is 0.459 e. The van der Waals surface area contributed by atoms with Crippen molar-refractivity contribution in [3.8, 4) is 11.5 Å². The summed E-state index contributed by atoms with van der Waals surface area (Å²) in [6.45, 7) is 3.89. The molecule has 154 valence electrons. The fraction of sp³-hybridized carbons (Fsp3) is 0.217. The van der Waals surface area contributed by atoms with Crippen molar-refractivity contribution < 1.29 is 18.7 Å². The van der Waals surface area contributed by atoms with Gasteiger partial charge >= 0.3 is 6.03 Å². The maximum absolute atomic E-state index is 12.5. The number of hydrogen-bond acceptors (Lipinski definition) is 4. The van der Waals surface area contributed by atoms with Gasteiger partial charge in [-0.15, -0.1) is 0 Å². The zero-order valence-electron chi connectivity index (χ0n) is 16.7. The van der Waals surface area contributed by atoms with Gasteiger partial charge in [-0.3, -0.25) is 4.79 Å². The van der Waals surface area contributed by atoms with Crippen LogP contribution in [0.25, 0.3) is 0 Å². The molecule has 2 aromatic carbocycles. The maximum atomic E-state index is 12.5. The Balaban J connectivity index is 1.28. The first-order valence-corrected chi connectivity index (χ1v) is 9.82. The molecule has 0 radical (unpaired) electrons. The molecule has 1 aliphatic rings. The van der Waals surface area contributed by atoms with Crippen LogP contribution in [0, 0.1) is 6.92 Å². The second-order valence-electron chi connectivity index (χ2n) is 7.13. The van der Waals surface area contributed by atoms with Gasteiger partial charge in [0.15, 0.2) is 5.76 Å². The molecule has 0 aliphatic carbocycles. The van der Waals surface area contributed by atoms with Gasteiger partial charge in [-0.25, -0.2) is 4.79 Å². The minimum absolute atomic E-state index is 0.149. The molecule has 0 bridgehead atoms. The highest BCUT2D eigenvalue weighted by molar-refractivity contribution is 5.92. The molecule has 1 aromatic heterocycles. The van der Waals surface area contributed by atoms with Crippen molar-refractivity contribution in [2.24, 2.45) is 0 Å². The van der Waals surface area contributed by atoms with E-state index in [0.29, 0.717) is 43.4 Å². The molecule has 7 heteroatoms. The van der Waals surface area contributed by atoms with Gasteiger partial charge in [-0.05, 0) is 55.5 Å². The van der Waals surface area contributed by atoms with E-state index in [0.717, 1.165) is 5.75 Å². The molecule has 7 nitrogen and oxygen atoms in total. The van der Waals surface area contributed by atoms with Crippen LogP contribution in [-0.2, 0) is 0 Å². The number of nitrogens with one attached hydrogen (secondary N) is 1. The highest BCUT2D eigenvalue weighted by atomic mass is 16.5. The molecule has 0 saturated carbocycles. The van der Waals surface area contributed by atoms with Crippen molar-refractivity contribution in [1.29, 1.82) is 0 Å². The van der Waals surface area contributed by atoms with Gasteiger partial charge in [0.25, 0.3) is 5.91 Å². The summed E-state index contributed by atoms with van der Waals surface area (Å²) in [6, 6.07) is 18.2. The van der Waals surface area contributed by atoms with Gasteiger partial charge in [0, 0.05) is 31.9 Å². The van der Waals surface area contributed by atoms with E-state index < -0.39 is 0 Å². The molecular formula is C23H23N3O4. The van der Waals surface area contributed by atoms with Gasteiger partial charge in [0.2, 0.25) is 0 Å². The highest BCUT2D eigenvalue weighted by Crippen LogP contribution is 2.23. The molecule has 1 N–H and O–H groups in total. The SMILES string of the molecule is Cc1ccc(Oc2ccc(NC(=O)N3CCN(C(=O)c4ccco4)CC3)cc2)cc1. The normalized spacial score (nSPS) is 13.8. The lowest BCUT2D eigenvalue weighted by atomic mass is 10.2. The Morgan fingerprint density at radius 3 is 2.07 bits per heavy atom. The van der Waals surface area contributed by atoms with Crippen LogP contribution in [0.3, 0.4) is 0 Å². The Bertz CT molecular complexity index is 990. The van der Waals surface area contributed by atoms with E-state index in [1.807, 2.05) is 43.3 Å². The van der Waals surface area contributed by atoms with Crippen molar-refractivity contribution in [3.05, 3.63) is 78.3 Å². The number of rotatable bonds is 4. The molecule has 3 aromatic rings. The summed E-state index contributed by atoms with van der Waals surface area (Å²) >= 11 is 0. The number of piperazine rings is 1. The van der Waals surface area contributed by atoms with Gasteiger partial charge in [0.1, 0.15) is 11.5 Å². The summed E-state index contributed by atoms with van der Waals surface area (Å²) in [4.78, 5) is 28.2. The van der Waals surface area contributed by atoms with Crippen molar-refractivity contribution in [1.82, 2.24) is 9.80 Å². The van der Waals surface area contributed by atoms with Crippen molar-refractivity contribution >= 4 is 17.6 Å². The minimum Gasteiger partial charge on any atom is -0.459 e. The van der Waals surface area contributed by atoms with E-state index in [2.05, 4.69) is 5.32 Å². The number of benzene rings is 2. The number of hydrogen-bond donors (Lipinski definition) is 1. The van der Waals surface area contributed by atoms with E-state index in [-0.39, 0.29) is 11.9 Å². The first kappa shape index (κ1) is 19.6. The van der Waals surface area contributed by atoms with Crippen LogP contribution >= 0.6 is 0 Å². The fourth-order valence-corrected chi connectivity index (χ4v) is 3.22. The Hall–Kier alpha value is -3.74. The molecule has 0 unspecified atom stereocenters. The molecule has 1 fully saturated rings. The number of carbonyl (C=O) groups is 2. The van der Waals surface area contributed by atoms with Crippen LogP contribution in [-0.4, -0.2) is 47.9 Å². The van der Waals surface area contributed by atoms with Gasteiger partial charge in [-0.2, -0.15) is 0 Å². The van der Waals surface area contributed by atoms with E-state index in [1.54, 1.807) is 34.1 Å². The molecular weight excluding hydrogens is 382 g/mol. The molecule has 1 aliphatic heterocycles. The van der Waals surface area contributed by atoms with Crippen LogP contribution in [0.5, 0.6) is 11.5 Å². The summed E-state index contributed by atoms with van der Waals surface area (Å²) < 4.78 is 11.0. The first-order valence-electron chi connectivity index (χ1n) is 9.82. The van der Waals surface area contributed by atoms with Crippen LogP contribution in [0.1, 0.15) is 16.1 Å². The first-order chi connectivity index (χ1) is 14.6. The van der Waals surface area contributed by atoms with Crippen LogP contribution < -0.4 is 10.1 Å². The monoisotopic (exact) mass is 405 g/mol. The lowest BCUT2D eigenvalue weighted by Gasteiger charge is -2.34. The Labute approximate surface area is 174 Å². The molecule has 30 heavy (non-hydrogen) atoms. The molecule has 1 saturated heterocycles. The lowest BCUT2D eigenvalue weighted by molar-refractivity contribution is 0.0640. The number of anilines is 1. The van der Waals surface area contributed by atoms with Gasteiger partial charge in [-0.1, -0.05) is 17.7 Å². The predicted octanol–water partition coefficient (Wildman–Crippen LogP) is 4.37. The van der Waals surface area contributed by atoms with Crippen molar-refractivity contribution in [2.75, 3.05) is 31.5 Å². The molecule has 0 atom stereocenters.